The lowest BCUT2D eigenvalue weighted by Gasteiger charge is -2.03. The Morgan fingerprint density at radius 3 is 2.67 bits per heavy atom. The van der Waals surface area contributed by atoms with Gasteiger partial charge in [0, 0.05) is 0 Å². The predicted molar refractivity (Wildman–Crippen MR) is 74.9 cm³/mol. The minimum absolute atomic E-state index is 0.378. The highest BCUT2D eigenvalue weighted by molar-refractivity contribution is 7.99. The highest BCUT2D eigenvalue weighted by atomic mass is 35.5. The third-order valence-corrected chi connectivity index (χ3v) is 3.87. The molecule has 1 heterocycles. The van der Waals surface area contributed by atoms with Crippen LogP contribution < -0.4 is 0 Å². The third kappa shape index (κ3) is 3.50. The van der Waals surface area contributed by atoms with Gasteiger partial charge in [-0.15, -0.1) is 11.6 Å². The van der Waals surface area contributed by atoms with Gasteiger partial charge >= 0.3 is 0 Å². The van der Waals surface area contributed by atoms with Crippen molar-refractivity contribution in [2.75, 3.05) is 0 Å². The lowest BCUT2D eigenvalue weighted by atomic mass is 10.1. The number of hydrogen-bond acceptors (Lipinski definition) is 4. The van der Waals surface area contributed by atoms with Crippen LogP contribution in [0.25, 0.3) is 0 Å². The van der Waals surface area contributed by atoms with Gasteiger partial charge in [0.1, 0.15) is 5.38 Å². The van der Waals surface area contributed by atoms with Crippen LogP contribution >= 0.6 is 23.4 Å². The SMILES string of the molecule is CC(C)SCc1noc(C(Cl)c2ccccc2)n1. The Kier molecular flexibility index (Phi) is 4.66. The molecule has 0 N–H and O–H groups in total. The first kappa shape index (κ1) is 13.4. The molecule has 1 aromatic heterocycles. The van der Waals surface area contributed by atoms with E-state index < -0.39 is 0 Å². The lowest BCUT2D eigenvalue weighted by molar-refractivity contribution is 0.378. The van der Waals surface area contributed by atoms with E-state index in [2.05, 4.69) is 24.0 Å². The second-order valence-electron chi connectivity index (χ2n) is 4.18. The number of rotatable bonds is 5. The maximum atomic E-state index is 6.30. The van der Waals surface area contributed by atoms with Gasteiger partial charge in [0.25, 0.3) is 0 Å². The number of aromatic nitrogens is 2. The summed E-state index contributed by atoms with van der Waals surface area (Å²) in [7, 11) is 0. The number of nitrogens with zero attached hydrogens (tertiary/aromatic N) is 2. The Hall–Kier alpha value is -1.00. The first-order valence-corrected chi connectivity index (χ1v) is 7.28. The number of halogens is 1. The average molecular weight is 283 g/mol. The van der Waals surface area contributed by atoms with Crippen LogP contribution in [-0.2, 0) is 5.75 Å². The van der Waals surface area contributed by atoms with Gasteiger partial charge in [0.15, 0.2) is 5.82 Å². The summed E-state index contributed by atoms with van der Waals surface area (Å²) in [5.41, 5.74) is 0.964. The predicted octanol–water partition coefficient (Wildman–Crippen LogP) is 4.04. The fourth-order valence-corrected chi connectivity index (χ4v) is 2.27. The molecule has 0 fully saturated rings. The largest absolute Gasteiger partial charge is 0.337 e. The van der Waals surface area contributed by atoms with E-state index in [0.29, 0.717) is 17.0 Å². The molecule has 3 nitrogen and oxygen atoms in total. The zero-order valence-corrected chi connectivity index (χ0v) is 11.9. The normalized spacial score (nSPS) is 12.9. The highest BCUT2D eigenvalue weighted by Crippen LogP contribution is 2.27. The van der Waals surface area contributed by atoms with Crippen molar-refractivity contribution in [3.8, 4) is 0 Å². The van der Waals surface area contributed by atoms with Crippen LogP contribution in [0, 0.1) is 0 Å². The summed E-state index contributed by atoms with van der Waals surface area (Å²) in [5, 5.41) is 4.11. The first-order chi connectivity index (χ1) is 8.66. The van der Waals surface area contributed by atoms with E-state index in [0.717, 1.165) is 11.3 Å². The molecular weight excluding hydrogens is 268 g/mol. The molecule has 0 amide bonds. The zero-order chi connectivity index (χ0) is 13.0. The van der Waals surface area contributed by atoms with Gasteiger partial charge in [-0.25, -0.2) is 0 Å². The fourth-order valence-electron chi connectivity index (χ4n) is 1.43. The molecule has 18 heavy (non-hydrogen) atoms. The van der Waals surface area contributed by atoms with Crippen LogP contribution in [0.5, 0.6) is 0 Å². The molecular formula is C13H15ClN2OS. The van der Waals surface area contributed by atoms with Gasteiger partial charge in [0.2, 0.25) is 5.89 Å². The van der Waals surface area contributed by atoms with Crippen molar-refractivity contribution in [1.29, 1.82) is 0 Å². The summed E-state index contributed by atoms with van der Waals surface area (Å²) in [5.74, 6) is 1.91. The molecule has 2 rings (SSSR count). The van der Waals surface area contributed by atoms with Crippen molar-refractivity contribution >= 4 is 23.4 Å². The Balaban J connectivity index is 2.06. The second kappa shape index (κ2) is 6.25. The van der Waals surface area contributed by atoms with E-state index in [4.69, 9.17) is 16.1 Å². The minimum atomic E-state index is -0.378. The zero-order valence-electron chi connectivity index (χ0n) is 10.3. The summed E-state index contributed by atoms with van der Waals surface area (Å²) < 4.78 is 5.21. The summed E-state index contributed by atoms with van der Waals surface area (Å²) in [4.78, 5) is 4.33. The molecule has 0 aliphatic heterocycles. The molecule has 0 aliphatic carbocycles. The van der Waals surface area contributed by atoms with Gasteiger partial charge in [-0.2, -0.15) is 16.7 Å². The minimum Gasteiger partial charge on any atom is -0.337 e. The quantitative estimate of drug-likeness (QED) is 0.776. The molecule has 5 heteroatoms. The Bertz CT molecular complexity index is 487. The van der Waals surface area contributed by atoms with Gasteiger partial charge in [-0.3, -0.25) is 0 Å². The molecule has 96 valence electrons. The Labute approximate surface area is 116 Å². The van der Waals surface area contributed by atoms with Gasteiger partial charge in [0.05, 0.1) is 5.75 Å². The molecule has 0 bridgehead atoms. The number of thioether (sulfide) groups is 1. The maximum Gasteiger partial charge on any atom is 0.249 e. The van der Waals surface area contributed by atoms with Crippen molar-refractivity contribution in [1.82, 2.24) is 10.1 Å². The second-order valence-corrected chi connectivity index (χ2v) is 6.18. The van der Waals surface area contributed by atoms with Crippen LogP contribution in [0.2, 0.25) is 0 Å². The summed E-state index contributed by atoms with van der Waals surface area (Å²) in [6, 6.07) is 9.73. The Morgan fingerprint density at radius 2 is 2.00 bits per heavy atom. The van der Waals surface area contributed by atoms with Crippen molar-refractivity contribution in [3.63, 3.8) is 0 Å². The molecule has 1 aromatic carbocycles. The monoisotopic (exact) mass is 282 g/mol. The van der Waals surface area contributed by atoms with Crippen molar-refractivity contribution in [2.24, 2.45) is 0 Å². The number of hydrogen-bond donors (Lipinski definition) is 0. The topological polar surface area (TPSA) is 38.9 Å². The summed E-state index contributed by atoms with van der Waals surface area (Å²) in [6.45, 7) is 4.28. The first-order valence-electron chi connectivity index (χ1n) is 5.80. The van der Waals surface area contributed by atoms with E-state index in [9.17, 15) is 0 Å². The van der Waals surface area contributed by atoms with E-state index in [1.54, 1.807) is 11.8 Å². The lowest BCUT2D eigenvalue weighted by Crippen LogP contribution is -1.94. The molecule has 0 saturated carbocycles. The maximum absolute atomic E-state index is 6.30. The van der Waals surface area contributed by atoms with Crippen LogP contribution in [0.4, 0.5) is 0 Å². The van der Waals surface area contributed by atoms with Gasteiger partial charge < -0.3 is 4.52 Å². The smallest absolute Gasteiger partial charge is 0.249 e. The fraction of sp³-hybridized carbons (Fsp3) is 0.385. The van der Waals surface area contributed by atoms with Crippen LogP contribution in [-0.4, -0.2) is 15.4 Å². The van der Waals surface area contributed by atoms with Gasteiger partial charge in [-0.05, 0) is 10.8 Å². The molecule has 1 atom stereocenters. The molecule has 0 aliphatic rings. The van der Waals surface area contributed by atoms with Crippen molar-refractivity contribution in [2.45, 2.75) is 30.2 Å². The molecule has 0 radical (unpaired) electrons. The van der Waals surface area contributed by atoms with Crippen molar-refractivity contribution < 1.29 is 4.52 Å². The third-order valence-electron chi connectivity index (χ3n) is 2.34. The van der Waals surface area contributed by atoms with E-state index in [1.165, 1.54) is 0 Å². The standard InChI is InChI=1S/C13H15ClN2OS/c1-9(2)18-8-11-15-13(17-16-11)12(14)10-6-4-3-5-7-10/h3-7,9,12H,8H2,1-2H3. The van der Waals surface area contributed by atoms with Crippen LogP contribution in [0.3, 0.4) is 0 Å². The van der Waals surface area contributed by atoms with Crippen molar-refractivity contribution in [3.05, 3.63) is 47.6 Å². The molecule has 0 saturated heterocycles. The summed E-state index contributed by atoms with van der Waals surface area (Å²) in [6.07, 6.45) is 0. The molecule has 1 unspecified atom stereocenters. The van der Waals surface area contributed by atoms with E-state index in [-0.39, 0.29) is 5.38 Å². The number of alkyl halides is 1. The van der Waals surface area contributed by atoms with Gasteiger partial charge in [-0.1, -0.05) is 49.3 Å². The van der Waals surface area contributed by atoms with Crippen LogP contribution in [0.1, 0.15) is 36.5 Å². The average Bonchev–Trinajstić information content (AvgIpc) is 2.85. The molecule has 0 spiro atoms. The van der Waals surface area contributed by atoms with E-state index in [1.807, 2.05) is 30.3 Å². The molecule has 2 aromatic rings. The summed E-state index contributed by atoms with van der Waals surface area (Å²) >= 11 is 8.08. The van der Waals surface area contributed by atoms with Crippen LogP contribution in [0.15, 0.2) is 34.9 Å². The highest BCUT2D eigenvalue weighted by Gasteiger charge is 2.18. The number of benzene rings is 1. The Morgan fingerprint density at radius 1 is 1.28 bits per heavy atom. The van der Waals surface area contributed by atoms with E-state index >= 15 is 0 Å².